The number of esters is 3. The lowest BCUT2D eigenvalue weighted by molar-refractivity contribution is 0.0594. The van der Waals surface area contributed by atoms with Crippen molar-refractivity contribution in [1.82, 2.24) is 0 Å². The molecule has 0 aliphatic carbocycles. The Morgan fingerprint density at radius 2 is 1.10 bits per heavy atom. The van der Waals surface area contributed by atoms with E-state index in [1.165, 1.54) is 68.8 Å². The monoisotopic (exact) mass is 422 g/mol. The van der Waals surface area contributed by atoms with E-state index < -0.39 is 17.9 Å². The van der Waals surface area contributed by atoms with E-state index in [-0.39, 0.29) is 33.9 Å². The Bertz CT molecular complexity index is 1100. The number of rotatable bonds is 6. The molecule has 0 saturated carbocycles. The first kappa shape index (κ1) is 21.4. The molecule has 3 rings (SSSR count). The minimum absolute atomic E-state index is 0.00281. The summed E-state index contributed by atoms with van der Waals surface area (Å²) < 4.78 is 20.4. The van der Waals surface area contributed by atoms with Gasteiger partial charge in [0.1, 0.15) is 23.0 Å². The minimum Gasteiger partial charge on any atom is -0.508 e. The van der Waals surface area contributed by atoms with E-state index in [9.17, 15) is 19.5 Å². The highest BCUT2D eigenvalue weighted by molar-refractivity contribution is 5.94. The summed E-state index contributed by atoms with van der Waals surface area (Å²) >= 11 is 0. The van der Waals surface area contributed by atoms with Gasteiger partial charge in [-0.05, 0) is 60.7 Å². The van der Waals surface area contributed by atoms with Crippen molar-refractivity contribution in [3.8, 4) is 23.0 Å². The van der Waals surface area contributed by atoms with Crippen molar-refractivity contribution in [1.29, 1.82) is 0 Å². The summed E-state index contributed by atoms with van der Waals surface area (Å²) in [6.45, 7) is 0. The molecule has 31 heavy (non-hydrogen) atoms. The number of carbonyl (C=O) groups excluding carboxylic acids is 3. The van der Waals surface area contributed by atoms with Gasteiger partial charge in [-0.1, -0.05) is 0 Å². The highest BCUT2D eigenvalue weighted by atomic mass is 16.5. The van der Waals surface area contributed by atoms with Crippen molar-refractivity contribution < 1.29 is 38.4 Å². The molecule has 1 N–H and O–H groups in total. The Labute approximate surface area is 177 Å². The van der Waals surface area contributed by atoms with Crippen LogP contribution in [0, 0.1) is 0 Å². The van der Waals surface area contributed by atoms with Gasteiger partial charge in [-0.15, -0.1) is 0 Å². The third kappa shape index (κ3) is 5.39. The lowest BCUT2D eigenvalue weighted by Gasteiger charge is -2.10. The summed E-state index contributed by atoms with van der Waals surface area (Å²) in [5.41, 5.74) is 0.459. The van der Waals surface area contributed by atoms with Crippen LogP contribution >= 0.6 is 0 Å². The van der Waals surface area contributed by atoms with Gasteiger partial charge in [0.2, 0.25) is 0 Å². The smallest absolute Gasteiger partial charge is 0.343 e. The highest BCUT2D eigenvalue weighted by Gasteiger charge is 2.17. The van der Waals surface area contributed by atoms with Crippen LogP contribution in [0.4, 0.5) is 0 Å². The molecule has 0 unspecified atom stereocenters. The van der Waals surface area contributed by atoms with E-state index in [0.29, 0.717) is 5.75 Å². The number of phenolic OH excluding ortho intramolecular Hbond substituents is 1. The van der Waals surface area contributed by atoms with E-state index in [0.717, 1.165) is 0 Å². The molecule has 8 heteroatoms. The summed E-state index contributed by atoms with van der Waals surface area (Å²) in [5, 5.41) is 9.34. The highest BCUT2D eigenvalue weighted by Crippen LogP contribution is 2.26. The number of carbonyl (C=O) groups is 3. The fourth-order valence-corrected chi connectivity index (χ4v) is 2.58. The number of benzene rings is 3. The SMILES string of the molecule is COC(=O)c1cc(OC(=O)c2ccc(O)cc2)cc(OC(=O)c2ccc(OC)cc2)c1. The topological polar surface area (TPSA) is 108 Å². The molecule has 0 atom stereocenters. The maximum atomic E-state index is 12.4. The number of phenols is 1. The largest absolute Gasteiger partial charge is 0.508 e. The van der Waals surface area contributed by atoms with Crippen LogP contribution < -0.4 is 14.2 Å². The number of aromatic hydroxyl groups is 1. The first-order chi connectivity index (χ1) is 14.9. The summed E-state index contributed by atoms with van der Waals surface area (Å²) in [7, 11) is 2.70. The molecule has 0 radical (unpaired) electrons. The first-order valence-electron chi connectivity index (χ1n) is 9.00. The molecular weight excluding hydrogens is 404 g/mol. The average molecular weight is 422 g/mol. The van der Waals surface area contributed by atoms with E-state index in [2.05, 4.69) is 0 Å². The van der Waals surface area contributed by atoms with Crippen molar-refractivity contribution in [2.45, 2.75) is 0 Å². The first-order valence-corrected chi connectivity index (χ1v) is 9.00. The summed E-state index contributed by atoms with van der Waals surface area (Å²) in [5.74, 6) is -1.58. The molecule has 0 spiro atoms. The van der Waals surface area contributed by atoms with Crippen LogP contribution in [-0.2, 0) is 4.74 Å². The molecule has 0 amide bonds. The number of methoxy groups -OCH3 is 2. The lowest BCUT2D eigenvalue weighted by atomic mass is 10.2. The predicted molar refractivity (Wildman–Crippen MR) is 109 cm³/mol. The van der Waals surface area contributed by atoms with E-state index in [1.807, 2.05) is 0 Å². The van der Waals surface area contributed by atoms with Gasteiger partial charge in [0, 0.05) is 6.07 Å². The van der Waals surface area contributed by atoms with Crippen LogP contribution in [0.2, 0.25) is 0 Å². The Morgan fingerprint density at radius 3 is 1.55 bits per heavy atom. The second-order valence-corrected chi connectivity index (χ2v) is 6.24. The third-order valence-electron chi connectivity index (χ3n) is 4.15. The standard InChI is InChI=1S/C23H18O8/c1-28-18-9-5-15(6-10-18)23(27)31-20-12-16(21(25)29-2)11-19(13-20)30-22(26)14-3-7-17(24)8-4-14/h3-13,24H,1-2H3. The van der Waals surface area contributed by atoms with Crippen LogP contribution in [0.3, 0.4) is 0 Å². The molecule has 0 aromatic heterocycles. The van der Waals surface area contributed by atoms with E-state index in [4.69, 9.17) is 18.9 Å². The summed E-state index contributed by atoms with van der Waals surface area (Å²) in [6, 6.07) is 15.6. The van der Waals surface area contributed by atoms with Gasteiger partial charge in [-0.25, -0.2) is 14.4 Å². The number of ether oxygens (including phenoxy) is 4. The molecule has 3 aromatic rings. The van der Waals surface area contributed by atoms with Gasteiger partial charge >= 0.3 is 17.9 Å². The maximum Gasteiger partial charge on any atom is 0.343 e. The zero-order valence-corrected chi connectivity index (χ0v) is 16.7. The molecule has 0 heterocycles. The molecule has 0 aliphatic heterocycles. The van der Waals surface area contributed by atoms with Gasteiger partial charge in [-0.2, -0.15) is 0 Å². The molecule has 0 aliphatic rings. The Morgan fingerprint density at radius 1 is 0.613 bits per heavy atom. The number of hydrogen-bond acceptors (Lipinski definition) is 8. The lowest BCUT2D eigenvalue weighted by Crippen LogP contribution is -2.12. The Balaban J connectivity index is 1.85. The van der Waals surface area contributed by atoms with Crippen molar-refractivity contribution in [3.05, 3.63) is 83.4 Å². The zero-order chi connectivity index (χ0) is 22.4. The van der Waals surface area contributed by atoms with Crippen LogP contribution in [0.25, 0.3) is 0 Å². The van der Waals surface area contributed by atoms with E-state index in [1.54, 1.807) is 12.1 Å². The van der Waals surface area contributed by atoms with Gasteiger partial charge in [-0.3, -0.25) is 0 Å². The summed E-state index contributed by atoms with van der Waals surface area (Å²) in [6.07, 6.45) is 0. The zero-order valence-electron chi connectivity index (χ0n) is 16.7. The minimum atomic E-state index is -0.727. The van der Waals surface area contributed by atoms with Crippen molar-refractivity contribution in [2.24, 2.45) is 0 Å². The van der Waals surface area contributed by atoms with Crippen molar-refractivity contribution in [2.75, 3.05) is 14.2 Å². The third-order valence-corrected chi connectivity index (χ3v) is 4.15. The normalized spacial score (nSPS) is 10.1. The van der Waals surface area contributed by atoms with Gasteiger partial charge in [0.25, 0.3) is 0 Å². The predicted octanol–water partition coefficient (Wildman–Crippen LogP) is 3.63. The van der Waals surface area contributed by atoms with Crippen molar-refractivity contribution in [3.63, 3.8) is 0 Å². The Kier molecular flexibility index (Phi) is 6.51. The van der Waals surface area contributed by atoms with Gasteiger partial charge in [0.15, 0.2) is 0 Å². The molecule has 0 fully saturated rings. The molecule has 3 aromatic carbocycles. The second kappa shape index (κ2) is 9.45. The fourth-order valence-electron chi connectivity index (χ4n) is 2.58. The maximum absolute atomic E-state index is 12.4. The molecule has 0 bridgehead atoms. The fraction of sp³-hybridized carbons (Fsp3) is 0.0870. The summed E-state index contributed by atoms with van der Waals surface area (Å²) in [4.78, 5) is 36.8. The average Bonchev–Trinajstić information content (AvgIpc) is 2.78. The van der Waals surface area contributed by atoms with Gasteiger partial charge in [0.05, 0.1) is 30.9 Å². The van der Waals surface area contributed by atoms with Gasteiger partial charge < -0.3 is 24.1 Å². The second-order valence-electron chi connectivity index (χ2n) is 6.24. The molecule has 0 saturated heterocycles. The van der Waals surface area contributed by atoms with Crippen molar-refractivity contribution >= 4 is 17.9 Å². The molecule has 158 valence electrons. The quantitative estimate of drug-likeness (QED) is 0.474. The molecular formula is C23H18O8. The molecule has 8 nitrogen and oxygen atoms in total. The van der Waals surface area contributed by atoms with Crippen LogP contribution in [-0.4, -0.2) is 37.2 Å². The van der Waals surface area contributed by atoms with E-state index >= 15 is 0 Å². The van der Waals surface area contributed by atoms with Crippen LogP contribution in [0.5, 0.6) is 23.0 Å². The Hall–Kier alpha value is -4.33. The number of hydrogen-bond donors (Lipinski definition) is 1. The van der Waals surface area contributed by atoms with Crippen LogP contribution in [0.1, 0.15) is 31.1 Å². The van der Waals surface area contributed by atoms with Crippen LogP contribution in [0.15, 0.2) is 66.7 Å².